The van der Waals surface area contributed by atoms with E-state index in [0.29, 0.717) is 6.54 Å². The number of carbonyl (C=O) groups excluding carboxylic acids is 1. The molecule has 2 heterocycles. The summed E-state index contributed by atoms with van der Waals surface area (Å²) in [5, 5.41) is 3.07. The summed E-state index contributed by atoms with van der Waals surface area (Å²) in [6.07, 6.45) is 5.66. The number of amides is 2. The number of thiophene rings is 1. The second kappa shape index (κ2) is 7.88. The molecule has 1 atom stereocenters. The molecule has 3 aromatic rings. The Labute approximate surface area is 180 Å². The maximum absolute atomic E-state index is 13.6. The first kappa shape index (κ1) is 19.3. The third-order valence-corrected chi connectivity index (χ3v) is 7.58. The molecule has 1 N–H and O–H groups in total. The zero-order valence-electron chi connectivity index (χ0n) is 17.1. The summed E-state index contributed by atoms with van der Waals surface area (Å²) < 4.78 is 13.6. The second-order valence-corrected chi connectivity index (χ2v) is 9.39. The Hall–Kier alpha value is -2.66. The minimum absolute atomic E-state index is 0.105. The van der Waals surface area contributed by atoms with Crippen molar-refractivity contribution in [2.24, 2.45) is 0 Å². The summed E-state index contributed by atoms with van der Waals surface area (Å²) in [6.45, 7) is 2.68. The number of urea groups is 1. The van der Waals surface area contributed by atoms with Gasteiger partial charge in [0.25, 0.3) is 0 Å². The molecule has 0 saturated heterocycles. The number of carbonyl (C=O) groups is 1. The molecule has 5 rings (SSSR count). The number of anilines is 1. The van der Waals surface area contributed by atoms with Gasteiger partial charge in [-0.15, -0.1) is 11.3 Å². The van der Waals surface area contributed by atoms with Crippen molar-refractivity contribution in [3.8, 4) is 0 Å². The van der Waals surface area contributed by atoms with Gasteiger partial charge in [-0.2, -0.15) is 0 Å². The van der Waals surface area contributed by atoms with Crippen LogP contribution in [0.25, 0.3) is 0 Å². The predicted octanol–water partition coefficient (Wildman–Crippen LogP) is 6.25. The minimum atomic E-state index is -0.254. The largest absolute Gasteiger partial charge is 0.322 e. The zero-order chi connectivity index (χ0) is 20.7. The third kappa shape index (κ3) is 3.52. The van der Waals surface area contributed by atoms with Crippen LogP contribution in [-0.4, -0.2) is 17.5 Å². The Balaban J connectivity index is 1.54. The lowest BCUT2D eigenvalue weighted by atomic mass is 9.88. The fourth-order valence-corrected chi connectivity index (χ4v) is 6.35. The molecule has 154 valence electrons. The Bertz CT molecular complexity index is 1090. The van der Waals surface area contributed by atoms with Crippen molar-refractivity contribution in [3.05, 3.63) is 86.4 Å². The topological polar surface area (TPSA) is 32.3 Å². The number of fused-ring (bicyclic) bond motifs is 3. The molecule has 0 saturated carbocycles. The van der Waals surface area contributed by atoms with Crippen molar-refractivity contribution in [1.82, 2.24) is 4.90 Å². The van der Waals surface area contributed by atoms with Crippen molar-refractivity contribution in [3.63, 3.8) is 0 Å². The van der Waals surface area contributed by atoms with E-state index in [4.69, 9.17) is 0 Å². The monoisotopic (exact) mass is 420 g/mol. The number of hydrogen-bond donors (Lipinski definition) is 1. The Kier molecular flexibility index (Phi) is 5.07. The maximum Gasteiger partial charge on any atom is 0.322 e. The zero-order valence-corrected chi connectivity index (χ0v) is 17.9. The highest BCUT2D eigenvalue weighted by Crippen LogP contribution is 2.45. The molecule has 1 aliphatic heterocycles. The third-order valence-electron chi connectivity index (χ3n) is 6.19. The summed E-state index contributed by atoms with van der Waals surface area (Å²) in [5.74, 6) is -0.254. The first-order chi connectivity index (χ1) is 14.6. The average molecular weight is 421 g/mol. The van der Waals surface area contributed by atoms with Crippen LogP contribution in [0.15, 0.2) is 48.5 Å². The molecular weight excluding hydrogens is 395 g/mol. The van der Waals surface area contributed by atoms with Crippen LogP contribution in [0.4, 0.5) is 14.9 Å². The SMILES string of the molecule is Cc1cccc(NC(=O)N2CCc3c(sc4c3CCCC4)[C@@H]2c2ccc(F)cc2)c1. The molecule has 1 aliphatic carbocycles. The highest BCUT2D eigenvalue weighted by molar-refractivity contribution is 7.12. The molecule has 5 heteroatoms. The highest BCUT2D eigenvalue weighted by Gasteiger charge is 2.36. The van der Waals surface area contributed by atoms with Gasteiger partial charge in [-0.3, -0.25) is 0 Å². The number of aryl methyl sites for hydroxylation is 2. The number of rotatable bonds is 2. The lowest BCUT2D eigenvalue weighted by Crippen LogP contribution is -2.42. The average Bonchev–Trinajstić information content (AvgIpc) is 3.12. The molecule has 0 fully saturated rings. The van der Waals surface area contributed by atoms with Crippen molar-refractivity contribution < 1.29 is 9.18 Å². The van der Waals surface area contributed by atoms with Gasteiger partial charge in [0.05, 0.1) is 6.04 Å². The lowest BCUT2D eigenvalue weighted by molar-refractivity contribution is 0.195. The molecule has 0 unspecified atom stereocenters. The van der Waals surface area contributed by atoms with E-state index < -0.39 is 0 Å². The van der Waals surface area contributed by atoms with Crippen LogP contribution in [0.3, 0.4) is 0 Å². The van der Waals surface area contributed by atoms with Gasteiger partial charge in [-0.05, 0) is 85.5 Å². The van der Waals surface area contributed by atoms with Crippen molar-refractivity contribution in [1.29, 1.82) is 0 Å². The second-order valence-electron chi connectivity index (χ2n) is 8.25. The molecule has 0 bridgehead atoms. The first-order valence-corrected chi connectivity index (χ1v) is 11.4. The van der Waals surface area contributed by atoms with E-state index in [1.807, 2.05) is 59.6 Å². The van der Waals surface area contributed by atoms with Gasteiger partial charge in [0, 0.05) is 22.0 Å². The van der Waals surface area contributed by atoms with Gasteiger partial charge in [0.2, 0.25) is 0 Å². The summed E-state index contributed by atoms with van der Waals surface area (Å²) in [7, 11) is 0. The minimum Gasteiger partial charge on any atom is -0.312 e. The lowest BCUT2D eigenvalue weighted by Gasteiger charge is -2.36. The van der Waals surface area contributed by atoms with Crippen molar-refractivity contribution in [2.75, 3.05) is 11.9 Å². The number of benzene rings is 2. The highest BCUT2D eigenvalue weighted by atomic mass is 32.1. The van der Waals surface area contributed by atoms with Gasteiger partial charge in [-0.1, -0.05) is 24.3 Å². The fraction of sp³-hybridized carbons (Fsp3) is 0.320. The van der Waals surface area contributed by atoms with Crippen LogP contribution in [-0.2, 0) is 19.3 Å². The summed E-state index contributed by atoms with van der Waals surface area (Å²) in [5.41, 5.74) is 5.83. The van der Waals surface area contributed by atoms with Crippen LogP contribution in [0.2, 0.25) is 0 Å². The van der Waals surface area contributed by atoms with E-state index in [-0.39, 0.29) is 17.9 Å². The van der Waals surface area contributed by atoms with Gasteiger partial charge in [0.1, 0.15) is 5.82 Å². The number of nitrogens with zero attached hydrogens (tertiary/aromatic N) is 1. The smallest absolute Gasteiger partial charge is 0.312 e. The Morgan fingerprint density at radius 3 is 2.67 bits per heavy atom. The Morgan fingerprint density at radius 1 is 1.07 bits per heavy atom. The van der Waals surface area contributed by atoms with E-state index in [0.717, 1.165) is 36.1 Å². The quantitative estimate of drug-likeness (QED) is 0.522. The molecular formula is C25H25FN2OS. The van der Waals surface area contributed by atoms with E-state index >= 15 is 0 Å². The molecule has 3 nitrogen and oxygen atoms in total. The number of hydrogen-bond acceptors (Lipinski definition) is 2. The molecule has 30 heavy (non-hydrogen) atoms. The standard InChI is InChI=1S/C25H25FN2OS/c1-16-5-4-6-19(15-16)27-25(29)28-14-13-21-20-7-2-3-8-22(20)30-24(21)23(28)17-9-11-18(26)12-10-17/h4-6,9-12,15,23H,2-3,7-8,13-14H2,1H3,(H,27,29)/t23-/m0/s1. The molecule has 2 amide bonds. The first-order valence-electron chi connectivity index (χ1n) is 10.6. The van der Waals surface area contributed by atoms with E-state index in [9.17, 15) is 9.18 Å². The summed E-state index contributed by atoms with van der Waals surface area (Å²) in [4.78, 5) is 18.0. The normalized spacial score (nSPS) is 17.9. The van der Waals surface area contributed by atoms with Crippen LogP contribution < -0.4 is 5.32 Å². The van der Waals surface area contributed by atoms with Crippen LogP contribution in [0.1, 0.15) is 50.9 Å². The van der Waals surface area contributed by atoms with Crippen LogP contribution in [0, 0.1) is 12.7 Å². The van der Waals surface area contributed by atoms with Gasteiger partial charge in [-0.25, -0.2) is 9.18 Å². The fourth-order valence-electron chi connectivity index (χ4n) is 4.76. The van der Waals surface area contributed by atoms with Gasteiger partial charge < -0.3 is 10.2 Å². The predicted molar refractivity (Wildman–Crippen MR) is 120 cm³/mol. The summed E-state index contributed by atoms with van der Waals surface area (Å²) >= 11 is 1.86. The molecule has 1 aromatic heterocycles. The van der Waals surface area contributed by atoms with E-state index in [1.54, 1.807) is 0 Å². The Morgan fingerprint density at radius 2 is 1.87 bits per heavy atom. The van der Waals surface area contributed by atoms with Crippen molar-refractivity contribution >= 4 is 23.1 Å². The summed E-state index contributed by atoms with van der Waals surface area (Å²) in [6, 6.07) is 14.2. The molecule has 0 radical (unpaired) electrons. The van der Waals surface area contributed by atoms with Gasteiger partial charge >= 0.3 is 6.03 Å². The van der Waals surface area contributed by atoms with E-state index in [1.165, 1.54) is 45.9 Å². The molecule has 0 spiro atoms. The molecule has 2 aromatic carbocycles. The van der Waals surface area contributed by atoms with E-state index in [2.05, 4.69) is 5.32 Å². The number of halogens is 1. The number of nitrogens with one attached hydrogen (secondary N) is 1. The van der Waals surface area contributed by atoms with Crippen molar-refractivity contribution in [2.45, 2.75) is 45.1 Å². The maximum atomic E-state index is 13.6. The molecule has 2 aliphatic rings. The van der Waals surface area contributed by atoms with Crippen LogP contribution in [0.5, 0.6) is 0 Å². The van der Waals surface area contributed by atoms with Crippen LogP contribution >= 0.6 is 11.3 Å². The van der Waals surface area contributed by atoms with Gasteiger partial charge in [0.15, 0.2) is 0 Å².